The lowest BCUT2D eigenvalue weighted by atomic mass is 10.2. The molecule has 0 radical (unpaired) electrons. The highest BCUT2D eigenvalue weighted by molar-refractivity contribution is 5.77. The van der Waals surface area contributed by atoms with Gasteiger partial charge in [0.05, 0.1) is 6.61 Å². The molecule has 1 rings (SSSR count). The summed E-state index contributed by atoms with van der Waals surface area (Å²) in [5.74, 6) is -0.663. The van der Waals surface area contributed by atoms with Crippen molar-refractivity contribution in [1.82, 2.24) is 0 Å². The van der Waals surface area contributed by atoms with Gasteiger partial charge in [0.2, 0.25) is 0 Å². The summed E-state index contributed by atoms with van der Waals surface area (Å²) in [6.07, 6.45) is -0.956. The monoisotopic (exact) mass is 360 g/mol. The van der Waals surface area contributed by atoms with Crippen LogP contribution in [0.4, 0.5) is 0 Å². The Hall–Kier alpha value is -2.82. The fraction of sp³-hybridized carbons (Fsp3) is 0.571. The fourth-order valence-corrected chi connectivity index (χ4v) is 1.71. The molecule has 11 nitrogen and oxygen atoms in total. The predicted octanol–water partition coefficient (Wildman–Crippen LogP) is 0.527. The third kappa shape index (κ3) is 7.08. The number of hydrogen-bond acceptors (Lipinski definition) is 10. The minimum atomic E-state index is -1.20. The lowest BCUT2D eigenvalue weighted by molar-refractivity contribution is -0.757. The van der Waals surface area contributed by atoms with Crippen LogP contribution in [0.25, 0.3) is 0 Å². The summed E-state index contributed by atoms with van der Waals surface area (Å²) in [7, 11) is 0. The molecule has 0 aromatic heterocycles. The highest BCUT2D eigenvalue weighted by atomic mass is 16.9. The standard InChI is InChI=1S/C14H20N2O9/c1-8-11(25-10(3)23-8)7-21-14(18)13(15)9(2)24-12(17)5-4-6-22-16(19)20/h9,13H,3-7,15H2,1-2H3. The van der Waals surface area contributed by atoms with Gasteiger partial charge in [-0.05, 0) is 26.8 Å². The van der Waals surface area contributed by atoms with Gasteiger partial charge in [0.25, 0.3) is 11.0 Å². The van der Waals surface area contributed by atoms with E-state index in [1.807, 2.05) is 0 Å². The predicted molar refractivity (Wildman–Crippen MR) is 80.7 cm³/mol. The SMILES string of the molecule is C=C1OC(C)=C(COC(=O)C(N)C(C)OC(=O)CCCO[N+](=O)[O-])O1. The van der Waals surface area contributed by atoms with Gasteiger partial charge in [-0.1, -0.05) is 0 Å². The van der Waals surface area contributed by atoms with Gasteiger partial charge in [-0.2, -0.15) is 0 Å². The second-order valence-electron chi connectivity index (χ2n) is 5.04. The number of nitrogens with two attached hydrogens (primary N) is 1. The molecule has 0 bridgehead atoms. The van der Waals surface area contributed by atoms with Crippen molar-refractivity contribution in [2.45, 2.75) is 38.8 Å². The number of rotatable bonds is 10. The molecular weight excluding hydrogens is 340 g/mol. The maximum Gasteiger partial charge on any atom is 0.327 e. The summed E-state index contributed by atoms with van der Waals surface area (Å²) in [5.41, 5.74) is 5.68. The van der Waals surface area contributed by atoms with Gasteiger partial charge in [-0.25, -0.2) is 0 Å². The van der Waals surface area contributed by atoms with Crippen molar-refractivity contribution in [2.24, 2.45) is 5.73 Å². The van der Waals surface area contributed by atoms with E-state index in [9.17, 15) is 19.7 Å². The number of ether oxygens (including phenoxy) is 4. The molecule has 2 unspecified atom stereocenters. The maximum atomic E-state index is 11.9. The number of allylic oxidation sites excluding steroid dienone is 1. The number of hydrogen-bond donors (Lipinski definition) is 1. The van der Waals surface area contributed by atoms with E-state index in [1.54, 1.807) is 6.92 Å². The first kappa shape index (κ1) is 20.2. The lowest BCUT2D eigenvalue weighted by Crippen LogP contribution is -2.44. The minimum absolute atomic E-state index is 0.0798. The zero-order chi connectivity index (χ0) is 19.0. The molecule has 140 valence electrons. The zero-order valence-electron chi connectivity index (χ0n) is 13.9. The highest BCUT2D eigenvalue weighted by Gasteiger charge is 2.27. The van der Waals surface area contributed by atoms with E-state index >= 15 is 0 Å². The van der Waals surface area contributed by atoms with Crippen LogP contribution in [0, 0.1) is 10.1 Å². The van der Waals surface area contributed by atoms with E-state index in [0.717, 1.165) is 0 Å². The van der Waals surface area contributed by atoms with Crippen LogP contribution in [0.5, 0.6) is 0 Å². The largest absolute Gasteiger partial charge is 0.460 e. The van der Waals surface area contributed by atoms with Gasteiger partial charge in [0.1, 0.15) is 17.9 Å². The number of nitrogens with zero attached hydrogens (tertiary/aromatic N) is 1. The van der Waals surface area contributed by atoms with Crippen LogP contribution < -0.4 is 5.73 Å². The molecule has 0 spiro atoms. The second-order valence-corrected chi connectivity index (χ2v) is 5.04. The summed E-state index contributed by atoms with van der Waals surface area (Å²) in [6.45, 7) is 6.08. The summed E-state index contributed by atoms with van der Waals surface area (Å²) in [5, 5.41) is 9.00. The van der Waals surface area contributed by atoms with Gasteiger partial charge in [-0.15, -0.1) is 10.1 Å². The van der Waals surface area contributed by atoms with Gasteiger partial charge in [0, 0.05) is 6.42 Å². The van der Waals surface area contributed by atoms with Crippen LogP contribution in [0.15, 0.2) is 24.0 Å². The summed E-state index contributed by atoms with van der Waals surface area (Å²) in [4.78, 5) is 37.5. The molecule has 1 heterocycles. The van der Waals surface area contributed by atoms with Crippen molar-refractivity contribution in [3.05, 3.63) is 34.2 Å². The Morgan fingerprint density at radius 2 is 2.08 bits per heavy atom. The van der Waals surface area contributed by atoms with Crippen molar-refractivity contribution in [3.63, 3.8) is 0 Å². The molecule has 11 heteroatoms. The fourth-order valence-electron chi connectivity index (χ4n) is 1.71. The Balaban J connectivity index is 2.32. The van der Waals surface area contributed by atoms with E-state index in [4.69, 9.17) is 24.7 Å². The van der Waals surface area contributed by atoms with Crippen molar-refractivity contribution >= 4 is 11.9 Å². The molecule has 0 saturated carbocycles. The molecular formula is C14H20N2O9. The van der Waals surface area contributed by atoms with Crippen molar-refractivity contribution in [2.75, 3.05) is 13.2 Å². The Bertz CT molecular complexity index is 573. The molecule has 0 aromatic rings. The molecule has 0 saturated heterocycles. The van der Waals surface area contributed by atoms with E-state index in [-0.39, 0.29) is 32.0 Å². The molecule has 25 heavy (non-hydrogen) atoms. The van der Waals surface area contributed by atoms with Crippen LogP contribution in [0.1, 0.15) is 26.7 Å². The van der Waals surface area contributed by atoms with Gasteiger partial charge >= 0.3 is 11.9 Å². The summed E-state index contributed by atoms with van der Waals surface area (Å²) in [6, 6.07) is -1.20. The average Bonchev–Trinajstić information content (AvgIpc) is 2.85. The molecule has 0 amide bonds. The third-order valence-corrected chi connectivity index (χ3v) is 3.06. The lowest BCUT2D eigenvalue weighted by Gasteiger charge is -2.19. The summed E-state index contributed by atoms with van der Waals surface area (Å²) < 4.78 is 20.1. The minimum Gasteiger partial charge on any atom is -0.460 e. The highest BCUT2D eigenvalue weighted by Crippen LogP contribution is 2.23. The molecule has 0 aromatic carbocycles. The first-order chi connectivity index (χ1) is 11.7. The second kappa shape index (κ2) is 9.47. The van der Waals surface area contributed by atoms with E-state index in [0.29, 0.717) is 11.5 Å². The Morgan fingerprint density at radius 1 is 1.40 bits per heavy atom. The van der Waals surface area contributed by atoms with Crippen LogP contribution in [0.3, 0.4) is 0 Å². The van der Waals surface area contributed by atoms with Gasteiger partial charge in [-0.3, -0.25) is 9.59 Å². The maximum absolute atomic E-state index is 11.9. The molecule has 0 aliphatic carbocycles. The van der Waals surface area contributed by atoms with Gasteiger partial charge in [0.15, 0.2) is 12.4 Å². The van der Waals surface area contributed by atoms with E-state index in [2.05, 4.69) is 11.4 Å². The van der Waals surface area contributed by atoms with Crippen LogP contribution >= 0.6 is 0 Å². The van der Waals surface area contributed by atoms with Crippen molar-refractivity contribution in [3.8, 4) is 0 Å². The molecule has 1 aliphatic rings. The first-order valence-electron chi connectivity index (χ1n) is 7.34. The van der Waals surface area contributed by atoms with E-state index in [1.165, 1.54) is 6.92 Å². The third-order valence-electron chi connectivity index (χ3n) is 3.06. The normalized spacial score (nSPS) is 15.7. The van der Waals surface area contributed by atoms with Crippen molar-refractivity contribution in [1.29, 1.82) is 0 Å². The van der Waals surface area contributed by atoms with Crippen LogP contribution in [-0.2, 0) is 33.4 Å². The number of carbonyl (C=O) groups is 2. The molecule has 1 aliphatic heterocycles. The zero-order valence-corrected chi connectivity index (χ0v) is 13.9. The average molecular weight is 360 g/mol. The smallest absolute Gasteiger partial charge is 0.327 e. The first-order valence-corrected chi connectivity index (χ1v) is 7.34. The van der Waals surface area contributed by atoms with Crippen molar-refractivity contribution < 1.29 is 38.5 Å². The Kier molecular flexibility index (Phi) is 7.66. The summed E-state index contributed by atoms with van der Waals surface area (Å²) >= 11 is 0. The quantitative estimate of drug-likeness (QED) is 0.253. The molecule has 0 fully saturated rings. The van der Waals surface area contributed by atoms with Crippen LogP contribution in [0.2, 0.25) is 0 Å². The number of esters is 2. The molecule has 2 N–H and O–H groups in total. The Morgan fingerprint density at radius 3 is 2.64 bits per heavy atom. The Labute approximate surface area is 143 Å². The topological polar surface area (TPSA) is 149 Å². The van der Waals surface area contributed by atoms with Crippen LogP contribution in [-0.4, -0.2) is 42.4 Å². The number of carbonyl (C=O) groups excluding carboxylic acids is 2. The molecule has 2 atom stereocenters. The van der Waals surface area contributed by atoms with Gasteiger partial charge < -0.3 is 29.5 Å². The van der Waals surface area contributed by atoms with E-state index < -0.39 is 29.2 Å².